The Morgan fingerprint density at radius 1 is 1.00 bits per heavy atom. The van der Waals surface area contributed by atoms with Crippen molar-refractivity contribution in [1.29, 1.82) is 0 Å². The molecule has 2 amide bonds. The Bertz CT molecular complexity index is 965. The lowest BCUT2D eigenvalue weighted by Gasteiger charge is -2.35. The van der Waals surface area contributed by atoms with Crippen LogP contribution in [0.4, 0.5) is 0 Å². The van der Waals surface area contributed by atoms with Gasteiger partial charge in [-0.25, -0.2) is 4.79 Å². The first kappa shape index (κ1) is 20.7. The highest BCUT2D eigenvalue weighted by atomic mass is 16.5. The predicted octanol–water partition coefficient (Wildman–Crippen LogP) is 1.45. The number of aromatic nitrogens is 2. The molecule has 2 aliphatic rings. The first-order chi connectivity index (χ1) is 14.6. The van der Waals surface area contributed by atoms with Crippen molar-refractivity contribution in [1.82, 2.24) is 18.9 Å². The summed E-state index contributed by atoms with van der Waals surface area (Å²) in [5.74, 6) is 0.0772. The zero-order chi connectivity index (χ0) is 21.1. The van der Waals surface area contributed by atoms with Crippen molar-refractivity contribution in [2.75, 3.05) is 32.8 Å². The third-order valence-corrected chi connectivity index (χ3v) is 6.07. The van der Waals surface area contributed by atoms with Crippen LogP contribution in [0.15, 0.2) is 29.1 Å². The molecule has 2 saturated heterocycles. The lowest BCUT2D eigenvalue weighted by atomic mass is 10.2. The largest absolute Gasteiger partial charge is 0.368 e. The van der Waals surface area contributed by atoms with E-state index >= 15 is 0 Å². The molecular formula is C22H30N4O4. The summed E-state index contributed by atoms with van der Waals surface area (Å²) in [5.41, 5.74) is 1.73. The van der Waals surface area contributed by atoms with Gasteiger partial charge in [0.2, 0.25) is 5.91 Å². The minimum absolute atomic E-state index is 0.0263. The number of benzene rings is 1. The van der Waals surface area contributed by atoms with E-state index in [1.54, 1.807) is 14.0 Å². The third kappa shape index (κ3) is 4.01. The molecule has 0 N–H and O–H groups in total. The molecule has 3 heterocycles. The summed E-state index contributed by atoms with van der Waals surface area (Å²) in [6.07, 6.45) is 2.57. The highest BCUT2D eigenvalue weighted by molar-refractivity contribution is 5.82. The lowest BCUT2D eigenvalue weighted by Crippen LogP contribution is -2.53. The van der Waals surface area contributed by atoms with Gasteiger partial charge in [-0.3, -0.25) is 18.7 Å². The first-order valence-electron chi connectivity index (χ1n) is 11.0. The monoisotopic (exact) mass is 414 g/mol. The van der Waals surface area contributed by atoms with Gasteiger partial charge in [0.25, 0.3) is 5.91 Å². The maximum absolute atomic E-state index is 12.9. The number of hydrogen-bond donors (Lipinski definition) is 0. The minimum Gasteiger partial charge on any atom is -0.368 e. The molecule has 2 aliphatic heterocycles. The number of amides is 2. The normalized spacial score (nSPS) is 19.6. The molecule has 2 fully saturated rings. The number of carbonyl (C=O) groups is 2. The van der Waals surface area contributed by atoms with Crippen LogP contribution in [0.3, 0.4) is 0 Å². The van der Waals surface area contributed by atoms with Crippen LogP contribution in [0, 0.1) is 0 Å². The smallest absolute Gasteiger partial charge is 0.329 e. The van der Waals surface area contributed by atoms with E-state index in [4.69, 9.17) is 4.74 Å². The third-order valence-electron chi connectivity index (χ3n) is 6.07. The molecule has 162 valence electrons. The van der Waals surface area contributed by atoms with Gasteiger partial charge in [0, 0.05) is 52.3 Å². The van der Waals surface area contributed by atoms with E-state index in [2.05, 4.69) is 0 Å². The van der Waals surface area contributed by atoms with Gasteiger partial charge < -0.3 is 14.5 Å². The summed E-state index contributed by atoms with van der Waals surface area (Å²) in [6, 6.07) is 7.74. The molecule has 0 radical (unpaired) electrons. The summed E-state index contributed by atoms with van der Waals surface area (Å²) in [4.78, 5) is 41.7. The van der Waals surface area contributed by atoms with Crippen molar-refractivity contribution in [3.63, 3.8) is 0 Å². The van der Waals surface area contributed by atoms with Gasteiger partial charge in [-0.15, -0.1) is 0 Å². The molecule has 0 saturated carbocycles. The van der Waals surface area contributed by atoms with Gasteiger partial charge in [0.05, 0.1) is 11.0 Å². The van der Waals surface area contributed by atoms with Crippen molar-refractivity contribution in [2.45, 2.75) is 51.8 Å². The quantitative estimate of drug-likeness (QED) is 0.717. The topological polar surface area (TPSA) is 76.8 Å². The number of carbonyl (C=O) groups excluding carboxylic acids is 2. The molecule has 1 aromatic heterocycles. The second-order valence-corrected chi connectivity index (χ2v) is 8.03. The summed E-state index contributed by atoms with van der Waals surface area (Å²) < 4.78 is 8.98. The van der Waals surface area contributed by atoms with Gasteiger partial charge in [-0.05, 0) is 31.4 Å². The molecule has 0 aliphatic carbocycles. The van der Waals surface area contributed by atoms with Crippen molar-refractivity contribution >= 4 is 22.8 Å². The van der Waals surface area contributed by atoms with E-state index in [1.807, 2.05) is 36.1 Å². The van der Waals surface area contributed by atoms with E-state index < -0.39 is 0 Å². The molecular weight excluding hydrogens is 384 g/mol. The van der Waals surface area contributed by atoms with Crippen LogP contribution in [0.2, 0.25) is 0 Å². The van der Waals surface area contributed by atoms with Crippen LogP contribution in [-0.4, -0.2) is 69.6 Å². The predicted molar refractivity (Wildman–Crippen MR) is 113 cm³/mol. The van der Waals surface area contributed by atoms with Crippen LogP contribution in [0.1, 0.15) is 32.6 Å². The fourth-order valence-electron chi connectivity index (χ4n) is 4.45. The zero-order valence-corrected chi connectivity index (χ0v) is 17.6. The molecule has 1 unspecified atom stereocenters. The Morgan fingerprint density at radius 2 is 1.63 bits per heavy atom. The van der Waals surface area contributed by atoms with Crippen LogP contribution in [-0.2, 0) is 27.4 Å². The number of hydrogen-bond acceptors (Lipinski definition) is 4. The van der Waals surface area contributed by atoms with Crippen LogP contribution in [0.5, 0.6) is 0 Å². The molecule has 4 rings (SSSR count). The number of para-hydroxylation sites is 2. The maximum atomic E-state index is 12.9. The lowest BCUT2D eigenvalue weighted by molar-refractivity contribution is -0.146. The van der Waals surface area contributed by atoms with Gasteiger partial charge >= 0.3 is 5.69 Å². The number of ether oxygens (including phenoxy) is 1. The Labute approximate surface area is 176 Å². The van der Waals surface area contributed by atoms with E-state index in [-0.39, 0.29) is 30.0 Å². The van der Waals surface area contributed by atoms with Crippen molar-refractivity contribution < 1.29 is 14.3 Å². The standard InChI is InChI=1S/C22H30N4O4/c1-2-10-25-17-6-3-4-7-18(17)26(22(25)29)11-9-20(27)23-12-14-24(15-13-23)21(28)19-8-5-16-30-19/h3-4,6-7,19H,2,5,8-16H2,1H3. The van der Waals surface area contributed by atoms with E-state index in [9.17, 15) is 14.4 Å². The van der Waals surface area contributed by atoms with Crippen molar-refractivity contribution in [2.24, 2.45) is 0 Å². The Morgan fingerprint density at radius 3 is 2.23 bits per heavy atom. The number of rotatable bonds is 6. The summed E-state index contributed by atoms with van der Waals surface area (Å²) in [7, 11) is 0. The van der Waals surface area contributed by atoms with E-state index in [0.717, 1.165) is 30.3 Å². The summed E-state index contributed by atoms with van der Waals surface area (Å²) in [6.45, 7) is 5.88. The van der Waals surface area contributed by atoms with E-state index in [1.165, 1.54) is 0 Å². The molecule has 8 nitrogen and oxygen atoms in total. The average molecular weight is 415 g/mol. The second kappa shape index (κ2) is 9.04. The van der Waals surface area contributed by atoms with Gasteiger partial charge in [-0.1, -0.05) is 19.1 Å². The molecule has 1 atom stereocenters. The van der Waals surface area contributed by atoms with Gasteiger partial charge in [-0.2, -0.15) is 0 Å². The number of aryl methyl sites for hydroxylation is 2. The number of nitrogens with zero attached hydrogens (tertiary/aromatic N) is 4. The first-order valence-corrected chi connectivity index (χ1v) is 11.0. The zero-order valence-electron chi connectivity index (χ0n) is 17.6. The molecule has 1 aromatic carbocycles. The molecule has 30 heavy (non-hydrogen) atoms. The van der Waals surface area contributed by atoms with Crippen molar-refractivity contribution in [3.05, 3.63) is 34.7 Å². The number of imidazole rings is 1. The summed E-state index contributed by atoms with van der Waals surface area (Å²) >= 11 is 0. The minimum atomic E-state index is -0.306. The number of fused-ring (bicyclic) bond motifs is 1. The Kier molecular flexibility index (Phi) is 6.22. The second-order valence-electron chi connectivity index (χ2n) is 8.03. The van der Waals surface area contributed by atoms with Crippen molar-refractivity contribution in [3.8, 4) is 0 Å². The number of piperazine rings is 1. The summed E-state index contributed by atoms with van der Waals surface area (Å²) in [5, 5.41) is 0. The van der Waals surface area contributed by atoms with Crippen LogP contribution >= 0.6 is 0 Å². The Balaban J connectivity index is 1.36. The molecule has 8 heteroatoms. The maximum Gasteiger partial charge on any atom is 0.329 e. The fraction of sp³-hybridized carbons (Fsp3) is 0.591. The molecule has 2 aromatic rings. The highest BCUT2D eigenvalue weighted by Gasteiger charge is 2.31. The molecule has 0 spiro atoms. The van der Waals surface area contributed by atoms with Gasteiger partial charge in [0.15, 0.2) is 0 Å². The average Bonchev–Trinajstić information content (AvgIpc) is 3.40. The fourth-order valence-corrected chi connectivity index (χ4v) is 4.45. The van der Waals surface area contributed by atoms with Gasteiger partial charge in [0.1, 0.15) is 6.10 Å². The van der Waals surface area contributed by atoms with E-state index in [0.29, 0.717) is 45.9 Å². The SMILES string of the molecule is CCCn1c(=O)n(CCC(=O)N2CCN(C(=O)C3CCCO3)CC2)c2ccccc21. The highest BCUT2D eigenvalue weighted by Crippen LogP contribution is 2.17. The van der Waals surface area contributed by atoms with Crippen LogP contribution < -0.4 is 5.69 Å². The van der Waals surface area contributed by atoms with Crippen LogP contribution in [0.25, 0.3) is 11.0 Å². The molecule has 0 bridgehead atoms. The Hall–Kier alpha value is -2.61.